The van der Waals surface area contributed by atoms with Crippen molar-refractivity contribution in [3.05, 3.63) is 29.8 Å². The Bertz CT molecular complexity index is 540. The summed E-state index contributed by atoms with van der Waals surface area (Å²) in [6, 6.07) is 4.29. The number of ether oxygens (including phenoxy) is 2. The van der Waals surface area contributed by atoms with Crippen LogP contribution < -0.4 is 10.1 Å². The first-order chi connectivity index (χ1) is 10.6. The number of alkyl halides is 2. The van der Waals surface area contributed by atoms with Crippen LogP contribution in [0.2, 0.25) is 0 Å². The molecule has 2 N–H and O–H groups in total. The zero-order chi connectivity index (χ0) is 17.6. The van der Waals surface area contributed by atoms with Crippen LogP contribution in [0.1, 0.15) is 26.3 Å². The molecule has 0 saturated carbocycles. The van der Waals surface area contributed by atoms with E-state index in [-0.39, 0.29) is 12.2 Å². The van der Waals surface area contributed by atoms with Crippen molar-refractivity contribution >= 4 is 12.1 Å². The highest BCUT2D eigenvalue weighted by Gasteiger charge is 2.24. The quantitative estimate of drug-likeness (QED) is 0.837. The van der Waals surface area contributed by atoms with Crippen molar-refractivity contribution in [2.45, 2.75) is 45.4 Å². The van der Waals surface area contributed by atoms with Gasteiger partial charge in [0.25, 0.3) is 0 Å². The highest BCUT2D eigenvalue weighted by molar-refractivity contribution is 5.80. The lowest BCUT2D eigenvalue weighted by Gasteiger charge is -2.22. The molecule has 0 aliphatic carbocycles. The number of amides is 1. The van der Waals surface area contributed by atoms with Crippen molar-refractivity contribution in [1.82, 2.24) is 5.32 Å². The van der Waals surface area contributed by atoms with Crippen molar-refractivity contribution in [2.75, 3.05) is 0 Å². The van der Waals surface area contributed by atoms with E-state index in [2.05, 4.69) is 10.1 Å². The highest BCUT2D eigenvalue weighted by Crippen LogP contribution is 2.16. The van der Waals surface area contributed by atoms with E-state index in [0.29, 0.717) is 5.56 Å². The molecule has 1 unspecified atom stereocenters. The zero-order valence-electron chi connectivity index (χ0n) is 13.0. The Morgan fingerprint density at radius 3 is 2.22 bits per heavy atom. The minimum Gasteiger partial charge on any atom is -0.480 e. The van der Waals surface area contributed by atoms with Gasteiger partial charge in [0.15, 0.2) is 0 Å². The van der Waals surface area contributed by atoms with Gasteiger partial charge in [0, 0.05) is 6.42 Å². The highest BCUT2D eigenvalue weighted by atomic mass is 19.3. The van der Waals surface area contributed by atoms with E-state index < -0.39 is 30.3 Å². The lowest BCUT2D eigenvalue weighted by molar-refractivity contribution is -0.139. The number of halogens is 2. The molecule has 1 amide bonds. The fraction of sp³-hybridized carbons (Fsp3) is 0.467. The van der Waals surface area contributed by atoms with Crippen molar-refractivity contribution < 1.29 is 33.0 Å². The van der Waals surface area contributed by atoms with E-state index >= 15 is 0 Å². The maximum absolute atomic E-state index is 12.1. The topological polar surface area (TPSA) is 84.9 Å². The van der Waals surface area contributed by atoms with E-state index in [9.17, 15) is 18.4 Å². The number of carbonyl (C=O) groups is 2. The van der Waals surface area contributed by atoms with Gasteiger partial charge >= 0.3 is 18.7 Å². The second-order valence-corrected chi connectivity index (χ2v) is 5.76. The van der Waals surface area contributed by atoms with Crippen molar-refractivity contribution in [1.29, 1.82) is 0 Å². The van der Waals surface area contributed by atoms with E-state index in [1.807, 2.05) is 0 Å². The Kier molecular flexibility index (Phi) is 6.29. The predicted octanol–water partition coefficient (Wildman–Crippen LogP) is 2.81. The van der Waals surface area contributed by atoms with E-state index in [4.69, 9.17) is 9.84 Å². The molecule has 1 aromatic carbocycles. The number of carbonyl (C=O) groups excluding carboxylic acids is 1. The van der Waals surface area contributed by atoms with Crippen LogP contribution in [0, 0.1) is 0 Å². The van der Waals surface area contributed by atoms with E-state index in [1.165, 1.54) is 24.3 Å². The zero-order valence-corrected chi connectivity index (χ0v) is 13.0. The summed E-state index contributed by atoms with van der Waals surface area (Å²) in [6.45, 7) is 2.04. The Morgan fingerprint density at radius 1 is 1.22 bits per heavy atom. The average molecular weight is 331 g/mol. The standard InChI is InChI=1S/C15H19F2NO5/c1-15(2,3)23-14(21)18-11(12(19)20)8-9-4-6-10(7-5-9)22-13(16)17/h4-7,11,13H,8H2,1-3H3,(H,18,21)(H,19,20). The summed E-state index contributed by atoms with van der Waals surface area (Å²) in [5, 5.41) is 11.4. The molecule has 128 valence electrons. The summed E-state index contributed by atoms with van der Waals surface area (Å²) in [4.78, 5) is 22.9. The Morgan fingerprint density at radius 2 is 1.78 bits per heavy atom. The predicted molar refractivity (Wildman–Crippen MR) is 77.6 cm³/mol. The fourth-order valence-electron chi connectivity index (χ4n) is 1.69. The molecule has 8 heteroatoms. The molecule has 0 heterocycles. The third-order valence-corrected chi connectivity index (χ3v) is 2.58. The van der Waals surface area contributed by atoms with Gasteiger partial charge in [-0.25, -0.2) is 9.59 Å². The Labute approximate surface area is 132 Å². The van der Waals surface area contributed by atoms with Gasteiger partial charge in [0.1, 0.15) is 17.4 Å². The molecule has 23 heavy (non-hydrogen) atoms. The van der Waals surface area contributed by atoms with E-state index in [0.717, 1.165) is 0 Å². The maximum atomic E-state index is 12.1. The summed E-state index contributed by atoms with van der Waals surface area (Å²) >= 11 is 0. The molecule has 0 radical (unpaired) electrons. The number of carboxylic acid groups (broad SMARTS) is 1. The van der Waals surface area contributed by atoms with Crippen LogP contribution in [0.3, 0.4) is 0 Å². The minimum absolute atomic E-state index is 0.0243. The number of nitrogens with one attached hydrogen (secondary N) is 1. The lowest BCUT2D eigenvalue weighted by Crippen LogP contribution is -2.44. The van der Waals surface area contributed by atoms with Crippen molar-refractivity contribution in [2.24, 2.45) is 0 Å². The SMILES string of the molecule is CC(C)(C)OC(=O)NC(Cc1ccc(OC(F)F)cc1)C(=O)O. The average Bonchev–Trinajstić information content (AvgIpc) is 2.37. The summed E-state index contributed by atoms with van der Waals surface area (Å²) in [7, 11) is 0. The molecule has 0 aromatic heterocycles. The second kappa shape index (κ2) is 7.75. The van der Waals surface area contributed by atoms with Gasteiger partial charge in [-0.15, -0.1) is 0 Å². The summed E-state index contributed by atoms with van der Waals surface area (Å²) < 4.78 is 33.3. The maximum Gasteiger partial charge on any atom is 0.408 e. The fourth-order valence-corrected chi connectivity index (χ4v) is 1.69. The first-order valence-corrected chi connectivity index (χ1v) is 6.83. The number of hydrogen-bond acceptors (Lipinski definition) is 4. The van der Waals surface area contributed by atoms with Gasteiger partial charge in [0.2, 0.25) is 0 Å². The molecule has 6 nitrogen and oxygen atoms in total. The third-order valence-electron chi connectivity index (χ3n) is 2.58. The van der Waals surface area contributed by atoms with Crippen LogP contribution in [0.4, 0.5) is 13.6 Å². The van der Waals surface area contributed by atoms with Gasteiger partial charge < -0.3 is 19.9 Å². The monoisotopic (exact) mass is 331 g/mol. The summed E-state index contributed by atoms with van der Waals surface area (Å²) in [5.41, 5.74) is -0.212. The number of hydrogen-bond donors (Lipinski definition) is 2. The van der Waals surface area contributed by atoms with Crippen LogP contribution in [0.15, 0.2) is 24.3 Å². The van der Waals surface area contributed by atoms with Gasteiger partial charge in [-0.3, -0.25) is 0 Å². The number of aliphatic carboxylic acids is 1. The largest absolute Gasteiger partial charge is 0.480 e. The van der Waals surface area contributed by atoms with Gasteiger partial charge in [0.05, 0.1) is 0 Å². The molecule has 1 atom stereocenters. The first kappa shape index (κ1) is 18.7. The molecule has 0 aliphatic heterocycles. The molecular weight excluding hydrogens is 312 g/mol. The van der Waals surface area contributed by atoms with Gasteiger partial charge in [-0.1, -0.05) is 12.1 Å². The summed E-state index contributed by atoms with van der Waals surface area (Å²) in [6.07, 6.45) is -0.869. The van der Waals surface area contributed by atoms with Crippen LogP contribution >= 0.6 is 0 Å². The van der Waals surface area contributed by atoms with E-state index in [1.54, 1.807) is 20.8 Å². The first-order valence-electron chi connectivity index (χ1n) is 6.83. The molecule has 0 aliphatic rings. The van der Waals surface area contributed by atoms with Crippen LogP contribution in [0.25, 0.3) is 0 Å². The molecule has 1 aromatic rings. The number of carboxylic acids is 1. The normalized spacial score (nSPS) is 12.6. The number of rotatable bonds is 6. The Hall–Kier alpha value is -2.38. The van der Waals surface area contributed by atoms with Crippen molar-refractivity contribution in [3.8, 4) is 5.75 Å². The lowest BCUT2D eigenvalue weighted by atomic mass is 10.1. The van der Waals surface area contributed by atoms with Crippen LogP contribution in [0.5, 0.6) is 5.75 Å². The molecule has 0 bridgehead atoms. The molecule has 0 saturated heterocycles. The van der Waals surface area contributed by atoms with Crippen LogP contribution in [-0.2, 0) is 16.0 Å². The van der Waals surface area contributed by atoms with Gasteiger partial charge in [-0.05, 0) is 38.5 Å². The van der Waals surface area contributed by atoms with Crippen molar-refractivity contribution in [3.63, 3.8) is 0 Å². The van der Waals surface area contributed by atoms with Crippen LogP contribution in [-0.4, -0.2) is 35.4 Å². The Balaban J connectivity index is 2.69. The molecule has 0 spiro atoms. The third kappa shape index (κ3) is 7.44. The number of benzene rings is 1. The molecule has 0 fully saturated rings. The summed E-state index contributed by atoms with van der Waals surface area (Å²) in [5.74, 6) is -1.26. The van der Waals surface area contributed by atoms with Gasteiger partial charge in [-0.2, -0.15) is 8.78 Å². The second-order valence-electron chi connectivity index (χ2n) is 5.76. The minimum atomic E-state index is -2.93. The molecule has 1 rings (SSSR count). The molecular formula is C15H19F2NO5. The number of alkyl carbamates (subject to hydrolysis) is 1. The smallest absolute Gasteiger partial charge is 0.408 e.